The highest BCUT2D eigenvalue weighted by molar-refractivity contribution is 9.10. The molecule has 116 valence electrons. The van der Waals surface area contributed by atoms with E-state index < -0.39 is 0 Å². The third kappa shape index (κ3) is 4.49. The number of carbonyl (C=O) groups excluding carboxylic acids is 1. The first kappa shape index (κ1) is 16.8. The molecule has 0 heterocycles. The summed E-state index contributed by atoms with van der Waals surface area (Å²) < 4.78 is 0.835. The molecule has 1 N–H and O–H groups in total. The number of rotatable bonds is 6. The van der Waals surface area contributed by atoms with E-state index in [9.17, 15) is 4.79 Å². The second kappa shape index (κ2) is 8.20. The van der Waals surface area contributed by atoms with Gasteiger partial charge in [0.15, 0.2) is 0 Å². The average Bonchev–Trinajstić information content (AvgIpc) is 2.54. The Hall–Kier alpha value is -1.52. The number of benzene rings is 2. The van der Waals surface area contributed by atoms with Crippen LogP contribution in [0.5, 0.6) is 0 Å². The lowest BCUT2D eigenvalue weighted by Crippen LogP contribution is -2.35. The molecule has 0 unspecified atom stereocenters. The van der Waals surface area contributed by atoms with Crippen LogP contribution in [0.3, 0.4) is 0 Å². The summed E-state index contributed by atoms with van der Waals surface area (Å²) in [5.74, 6) is -0.157. The van der Waals surface area contributed by atoms with Crippen LogP contribution in [0, 0.1) is 0 Å². The van der Waals surface area contributed by atoms with Crippen molar-refractivity contribution in [3.8, 4) is 0 Å². The van der Waals surface area contributed by atoms with Crippen LogP contribution in [0.4, 0.5) is 5.69 Å². The van der Waals surface area contributed by atoms with Crippen molar-refractivity contribution in [2.45, 2.75) is 6.92 Å². The number of para-hydroxylation sites is 1. The molecular weight excluding hydrogens is 364 g/mol. The molecule has 0 atom stereocenters. The van der Waals surface area contributed by atoms with Gasteiger partial charge in [-0.2, -0.15) is 0 Å². The zero-order chi connectivity index (χ0) is 15.9. The zero-order valence-electron chi connectivity index (χ0n) is 12.4. The number of carbonyl (C=O) groups is 1. The molecular formula is C17H18BrClN2O. The van der Waals surface area contributed by atoms with E-state index in [4.69, 9.17) is 11.6 Å². The first-order valence-corrected chi connectivity index (χ1v) is 8.32. The molecule has 0 bridgehead atoms. The lowest BCUT2D eigenvalue weighted by molar-refractivity contribution is 0.0954. The minimum Gasteiger partial charge on any atom is -0.370 e. The second-order valence-corrected chi connectivity index (χ2v) is 6.12. The first-order valence-electron chi connectivity index (χ1n) is 7.15. The van der Waals surface area contributed by atoms with Crippen molar-refractivity contribution in [3.63, 3.8) is 0 Å². The fourth-order valence-electron chi connectivity index (χ4n) is 2.18. The van der Waals surface area contributed by atoms with Crippen LogP contribution in [0.25, 0.3) is 0 Å². The topological polar surface area (TPSA) is 32.3 Å². The van der Waals surface area contributed by atoms with Gasteiger partial charge < -0.3 is 10.2 Å². The normalized spacial score (nSPS) is 10.3. The predicted octanol–water partition coefficient (Wildman–Crippen LogP) is 4.36. The van der Waals surface area contributed by atoms with E-state index in [1.807, 2.05) is 24.3 Å². The van der Waals surface area contributed by atoms with E-state index in [-0.39, 0.29) is 5.91 Å². The van der Waals surface area contributed by atoms with Crippen LogP contribution < -0.4 is 10.2 Å². The number of hydrogen-bond acceptors (Lipinski definition) is 2. The van der Waals surface area contributed by atoms with E-state index in [0.717, 1.165) is 23.2 Å². The van der Waals surface area contributed by atoms with Gasteiger partial charge in [0.25, 0.3) is 5.91 Å². The summed E-state index contributed by atoms with van der Waals surface area (Å²) in [5.41, 5.74) is 1.64. The molecule has 0 saturated heterocycles. The molecule has 3 nitrogen and oxygen atoms in total. The van der Waals surface area contributed by atoms with Crippen molar-refractivity contribution < 1.29 is 4.79 Å². The number of likely N-dealkylation sites (N-methyl/N-ethyl adjacent to an activating group) is 1. The van der Waals surface area contributed by atoms with E-state index in [1.165, 1.54) is 0 Å². The van der Waals surface area contributed by atoms with Gasteiger partial charge in [0.2, 0.25) is 0 Å². The van der Waals surface area contributed by atoms with E-state index >= 15 is 0 Å². The highest BCUT2D eigenvalue weighted by atomic mass is 79.9. The molecule has 0 aliphatic heterocycles. The van der Waals surface area contributed by atoms with Crippen LogP contribution in [-0.4, -0.2) is 25.5 Å². The lowest BCUT2D eigenvalue weighted by Gasteiger charge is -2.23. The Morgan fingerprint density at radius 3 is 2.64 bits per heavy atom. The summed E-state index contributed by atoms with van der Waals surface area (Å²) in [4.78, 5) is 14.4. The van der Waals surface area contributed by atoms with E-state index in [1.54, 1.807) is 12.1 Å². The minimum atomic E-state index is -0.157. The smallest absolute Gasteiger partial charge is 0.252 e. The van der Waals surface area contributed by atoms with Gasteiger partial charge in [-0.15, -0.1) is 0 Å². The minimum absolute atomic E-state index is 0.157. The van der Waals surface area contributed by atoms with Gasteiger partial charge in [-0.25, -0.2) is 0 Å². The highest BCUT2D eigenvalue weighted by Gasteiger charge is 2.11. The molecule has 2 rings (SSSR count). The van der Waals surface area contributed by atoms with Crippen molar-refractivity contribution in [2.24, 2.45) is 0 Å². The molecule has 2 aromatic rings. The van der Waals surface area contributed by atoms with Crippen molar-refractivity contribution in [1.29, 1.82) is 0 Å². The van der Waals surface area contributed by atoms with Gasteiger partial charge in [0.05, 0.1) is 10.6 Å². The van der Waals surface area contributed by atoms with E-state index in [2.05, 4.69) is 45.2 Å². The molecule has 0 spiro atoms. The summed E-state index contributed by atoms with van der Waals surface area (Å²) in [5, 5.41) is 3.37. The molecule has 1 amide bonds. The van der Waals surface area contributed by atoms with Gasteiger partial charge >= 0.3 is 0 Å². The molecule has 0 fully saturated rings. The number of anilines is 1. The molecule has 0 aromatic heterocycles. The van der Waals surface area contributed by atoms with Crippen molar-refractivity contribution in [2.75, 3.05) is 24.5 Å². The van der Waals surface area contributed by atoms with Crippen LogP contribution in [0.2, 0.25) is 5.02 Å². The Labute approximate surface area is 144 Å². The third-order valence-electron chi connectivity index (χ3n) is 3.34. The number of hydrogen-bond donors (Lipinski definition) is 1. The van der Waals surface area contributed by atoms with Crippen molar-refractivity contribution >= 4 is 39.1 Å². The van der Waals surface area contributed by atoms with Gasteiger partial charge in [-0.05, 0) is 37.3 Å². The Kier molecular flexibility index (Phi) is 6.28. The van der Waals surface area contributed by atoms with Gasteiger partial charge in [-0.3, -0.25) is 4.79 Å². The maximum atomic E-state index is 12.2. The summed E-state index contributed by atoms with van der Waals surface area (Å²) >= 11 is 9.41. The Morgan fingerprint density at radius 2 is 1.95 bits per heavy atom. The number of nitrogens with one attached hydrogen (secondary N) is 1. The van der Waals surface area contributed by atoms with Crippen LogP contribution in [0.15, 0.2) is 53.0 Å². The summed E-state index contributed by atoms with van der Waals surface area (Å²) in [7, 11) is 0. The number of halogens is 2. The highest BCUT2D eigenvalue weighted by Crippen LogP contribution is 2.20. The molecule has 2 aromatic carbocycles. The maximum Gasteiger partial charge on any atom is 0.252 e. The monoisotopic (exact) mass is 380 g/mol. The zero-order valence-corrected chi connectivity index (χ0v) is 14.7. The van der Waals surface area contributed by atoms with E-state index in [0.29, 0.717) is 17.1 Å². The Bertz CT molecular complexity index is 634. The van der Waals surface area contributed by atoms with Gasteiger partial charge in [0, 0.05) is 29.8 Å². The van der Waals surface area contributed by atoms with Gasteiger partial charge in [-0.1, -0.05) is 45.7 Å². The maximum absolute atomic E-state index is 12.2. The molecule has 5 heteroatoms. The molecule has 22 heavy (non-hydrogen) atoms. The molecule has 0 aliphatic rings. The van der Waals surface area contributed by atoms with Gasteiger partial charge in [0.1, 0.15) is 0 Å². The fourth-order valence-corrected chi connectivity index (χ4v) is 2.74. The van der Waals surface area contributed by atoms with Crippen LogP contribution in [0.1, 0.15) is 17.3 Å². The molecule has 0 radical (unpaired) electrons. The molecule has 0 aliphatic carbocycles. The SMILES string of the molecule is CCN(CCNC(=O)c1cc(Br)ccc1Cl)c1ccccc1. The predicted molar refractivity (Wildman–Crippen MR) is 95.8 cm³/mol. The van der Waals surface area contributed by atoms with Crippen molar-refractivity contribution in [1.82, 2.24) is 5.32 Å². The second-order valence-electron chi connectivity index (χ2n) is 4.80. The summed E-state index contributed by atoms with van der Waals surface area (Å²) in [6.45, 7) is 4.29. The average molecular weight is 382 g/mol. The Morgan fingerprint density at radius 1 is 1.23 bits per heavy atom. The number of amides is 1. The summed E-state index contributed by atoms with van der Waals surface area (Å²) in [6.07, 6.45) is 0. The quantitative estimate of drug-likeness (QED) is 0.806. The largest absolute Gasteiger partial charge is 0.370 e. The lowest BCUT2D eigenvalue weighted by atomic mass is 10.2. The standard InChI is InChI=1S/C17H18BrClN2O/c1-2-21(14-6-4-3-5-7-14)11-10-20-17(22)15-12-13(18)8-9-16(15)19/h3-9,12H,2,10-11H2,1H3,(H,20,22). The number of nitrogens with zero attached hydrogens (tertiary/aromatic N) is 1. The third-order valence-corrected chi connectivity index (χ3v) is 4.17. The van der Waals surface area contributed by atoms with Crippen LogP contribution in [-0.2, 0) is 0 Å². The molecule has 0 saturated carbocycles. The Balaban J connectivity index is 1.92. The first-order chi connectivity index (χ1) is 10.6. The van der Waals surface area contributed by atoms with Crippen LogP contribution >= 0.6 is 27.5 Å². The fraction of sp³-hybridized carbons (Fsp3) is 0.235. The van der Waals surface area contributed by atoms with Crippen molar-refractivity contribution in [3.05, 3.63) is 63.6 Å². The summed E-state index contributed by atoms with van der Waals surface area (Å²) in [6, 6.07) is 15.4.